The number of amides is 1. The Bertz CT molecular complexity index is 795. The molecule has 9 heteroatoms. The van der Waals surface area contributed by atoms with Gasteiger partial charge in [-0.2, -0.15) is 0 Å². The lowest BCUT2D eigenvalue weighted by Crippen LogP contribution is -2.26. The first-order valence-electron chi connectivity index (χ1n) is 7.77. The number of carbonyl (C=O) groups is 2. The Kier molecular flexibility index (Phi) is 6.60. The van der Waals surface area contributed by atoms with E-state index in [1.807, 2.05) is 6.07 Å². The van der Waals surface area contributed by atoms with Gasteiger partial charge in [-0.15, -0.1) is 0 Å². The number of nitro groups is 1. The van der Waals surface area contributed by atoms with Crippen LogP contribution >= 0.6 is 0 Å². The van der Waals surface area contributed by atoms with Gasteiger partial charge in [0.05, 0.1) is 18.5 Å². The van der Waals surface area contributed by atoms with Crippen molar-refractivity contribution in [1.82, 2.24) is 10.3 Å². The molecule has 0 unspecified atom stereocenters. The van der Waals surface area contributed by atoms with E-state index in [0.29, 0.717) is 12.2 Å². The molecule has 0 spiro atoms. The molecule has 0 atom stereocenters. The normalized spacial score (nSPS) is 10.0. The van der Waals surface area contributed by atoms with Gasteiger partial charge in [0.2, 0.25) is 0 Å². The van der Waals surface area contributed by atoms with Gasteiger partial charge in [0.25, 0.3) is 11.6 Å². The molecule has 0 bridgehead atoms. The zero-order valence-electron chi connectivity index (χ0n) is 14.1. The molecule has 1 amide bonds. The maximum absolute atomic E-state index is 12.1. The van der Waals surface area contributed by atoms with E-state index in [2.05, 4.69) is 20.4 Å². The first kappa shape index (κ1) is 18.8. The molecule has 0 fully saturated rings. The van der Waals surface area contributed by atoms with Gasteiger partial charge in [-0.05, 0) is 23.8 Å². The lowest BCUT2D eigenvalue weighted by molar-refractivity contribution is -0.384. The summed E-state index contributed by atoms with van der Waals surface area (Å²) in [4.78, 5) is 37.8. The minimum absolute atomic E-state index is 0.0229. The monoisotopic (exact) mass is 358 g/mol. The van der Waals surface area contributed by atoms with E-state index in [1.54, 1.807) is 18.5 Å². The zero-order chi connectivity index (χ0) is 18.9. The van der Waals surface area contributed by atoms with Crippen molar-refractivity contribution in [2.45, 2.75) is 13.0 Å². The summed E-state index contributed by atoms with van der Waals surface area (Å²) in [7, 11) is 1.25. The SMILES string of the molecule is COC(=O)CCNC(=O)c1ccc(NCc2cccnc2)c([N+](=O)[O-])c1. The Hall–Kier alpha value is -3.49. The maximum Gasteiger partial charge on any atom is 0.307 e. The highest BCUT2D eigenvalue weighted by Gasteiger charge is 2.17. The summed E-state index contributed by atoms with van der Waals surface area (Å²) < 4.78 is 4.48. The molecule has 1 aromatic carbocycles. The van der Waals surface area contributed by atoms with Gasteiger partial charge < -0.3 is 15.4 Å². The highest BCUT2D eigenvalue weighted by Crippen LogP contribution is 2.26. The summed E-state index contributed by atoms with van der Waals surface area (Å²) in [6, 6.07) is 7.76. The number of nitro benzene ring substituents is 1. The number of esters is 1. The van der Waals surface area contributed by atoms with E-state index in [1.165, 1.54) is 25.3 Å². The number of rotatable bonds is 8. The number of carbonyl (C=O) groups excluding carboxylic acids is 2. The van der Waals surface area contributed by atoms with Crippen molar-refractivity contribution in [1.29, 1.82) is 0 Å². The van der Waals surface area contributed by atoms with Crippen molar-refractivity contribution in [3.8, 4) is 0 Å². The maximum atomic E-state index is 12.1. The average molecular weight is 358 g/mol. The summed E-state index contributed by atoms with van der Waals surface area (Å²) in [6.45, 7) is 0.444. The first-order valence-corrected chi connectivity index (χ1v) is 7.77. The molecular formula is C17H18N4O5. The summed E-state index contributed by atoms with van der Waals surface area (Å²) in [5.74, 6) is -0.956. The second-order valence-electron chi connectivity index (χ2n) is 5.29. The van der Waals surface area contributed by atoms with Gasteiger partial charge in [-0.25, -0.2) is 0 Å². The molecule has 0 aliphatic carbocycles. The van der Waals surface area contributed by atoms with E-state index in [9.17, 15) is 19.7 Å². The van der Waals surface area contributed by atoms with Crippen LogP contribution in [0.5, 0.6) is 0 Å². The van der Waals surface area contributed by atoms with Crippen molar-refractivity contribution in [2.24, 2.45) is 0 Å². The summed E-state index contributed by atoms with van der Waals surface area (Å²) in [5.41, 5.74) is 1.08. The van der Waals surface area contributed by atoms with Crippen LogP contribution in [0.3, 0.4) is 0 Å². The largest absolute Gasteiger partial charge is 0.469 e. The summed E-state index contributed by atoms with van der Waals surface area (Å²) in [6.07, 6.45) is 3.32. The van der Waals surface area contributed by atoms with E-state index >= 15 is 0 Å². The van der Waals surface area contributed by atoms with Crippen LogP contribution in [0.15, 0.2) is 42.7 Å². The van der Waals surface area contributed by atoms with Crippen molar-refractivity contribution >= 4 is 23.3 Å². The second-order valence-corrected chi connectivity index (χ2v) is 5.29. The molecule has 2 rings (SSSR count). The van der Waals surface area contributed by atoms with Crippen molar-refractivity contribution < 1.29 is 19.2 Å². The van der Waals surface area contributed by atoms with Crippen LogP contribution in [-0.2, 0) is 16.1 Å². The van der Waals surface area contributed by atoms with Crippen LogP contribution in [0.4, 0.5) is 11.4 Å². The molecule has 0 aliphatic heterocycles. The van der Waals surface area contributed by atoms with Crippen LogP contribution in [0.1, 0.15) is 22.3 Å². The number of benzene rings is 1. The van der Waals surface area contributed by atoms with E-state index in [0.717, 1.165) is 5.56 Å². The fourth-order valence-corrected chi connectivity index (χ4v) is 2.16. The predicted octanol–water partition coefficient (Wildman–Crippen LogP) is 1.89. The number of nitrogens with zero attached hydrogens (tertiary/aromatic N) is 2. The fourth-order valence-electron chi connectivity index (χ4n) is 2.16. The smallest absolute Gasteiger partial charge is 0.307 e. The molecule has 9 nitrogen and oxygen atoms in total. The van der Waals surface area contributed by atoms with Crippen molar-refractivity contribution in [3.63, 3.8) is 0 Å². The Labute approximate surface area is 149 Å². The topological polar surface area (TPSA) is 123 Å². The van der Waals surface area contributed by atoms with Gasteiger partial charge in [0.15, 0.2) is 0 Å². The van der Waals surface area contributed by atoms with E-state index in [-0.39, 0.29) is 24.2 Å². The highest BCUT2D eigenvalue weighted by molar-refractivity contribution is 5.95. The molecule has 0 aliphatic rings. The van der Waals surface area contributed by atoms with Crippen molar-refractivity contribution in [2.75, 3.05) is 19.0 Å². The van der Waals surface area contributed by atoms with E-state index in [4.69, 9.17) is 0 Å². The quantitative estimate of drug-likeness (QED) is 0.419. The molecule has 0 saturated carbocycles. The number of methoxy groups -OCH3 is 1. The average Bonchev–Trinajstić information content (AvgIpc) is 2.66. The van der Waals surface area contributed by atoms with Crippen molar-refractivity contribution in [3.05, 3.63) is 64.0 Å². The van der Waals surface area contributed by atoms with Gasteiger partial charge in [0, 0.05) is 37.1 Å². The minimum atomic E-state index is -0.559. The lowest BCUT2D eigenvalue weighted by Gasteiger charge is -2.09. The molecular weight excluding hydrogens is 340 g/mol. The predicted molar refractivity (Wildman–Crippen MR) is 93.6 cm³/mol. The fraction of sp³-hybridized carbons (Fsp3) is 0.235. The molecule has 1 aromatic heterocycles. The zero-order valence-corrected chi connectivity index (χ0v) is 14.1. The Morgan fingerprint density at radius 1 is 1.31 bits per heavy atom. The minimum Gasteiger partial charge on any atom is -0.469 e. The van der Waals surface area contributed by atoms with Crippen LogP contribution < -0.4 is 10.6 Å². The Morgan fingerprint density at radius 3 is 2.77 bits per heavy atom. The number of hydrogen-bond donors (Lipinski definition) is 2. The Balaban J connectivity index is 2.06. The lowest BCUT2D eigenvalue weighted by atomic mass is 10.1. The number of pyridine rings is 1. The third-order valence-corrected chi connectivity index (χ3v) is 3.50. The van der Waals surface area contributed by atoms with Crippen LogP contribution in [-0.4, -0.2) is 35.4 Å². The van der Waals surface area contributed by atoms with Gasteiger partial charge >= 0.3 is 5.97 Å². The van der Waals surface area contributed by atoms with Crippen LogP contribution in [0.25, 0.3) is 0 Å². The third kappa shape index (κ3) is 5.26. The first-order chi connectivity index (χ1) is 12.5. The highest BCUT2D eigenvalue weighted by atomic mass is 16.6. The number of nitrogens with one attached hydrogen (secondary N) is 2. The van der Waals surface area contributed by atoms with Gasteiger partial charge in [0.1, 0.15) is 5.69 Å². The molecule has 136 valence electrons. The molecule has 26 heavy (non-hydrogen) atoms. The number of ether oxygens (including phenoxy) is 1. The van der Waals surface area contributed by atoms with Gasteiger partial charge in [-0.3, -0.25) is 24.7 Å². The van der Waals surface area contributed by atoms with Crippen LogP contribution in [0, 0.1) is 10.1 Å². The molecule has 0 radical (unpaired) electrons. The van der Waals surface area contributed by atoms with Gasteiger partial charge in [-0.1, -0.05) is 6.07 Å². The number of aromatic nitrogens is 1. The molecule has 2 aromatic rings. The summed E-state index contributed by atoms with van der Waals surface area (Å²) >= 11 is 0. The third-order valence-electron chi connectivity index (χ3n) is 3.50. The van der Waals surface area contributed by atoms with Crippen LogP contribution in [0.2, 0.25) is 0 Å². The molecule has 1 heterocycles. The standard InChI is InChI=1S/C17H18N4O5/c1-26-16(22)6-8-19-17(23)13-4-5-14(15(9-13)21(24)25)20-11-12-3-2-7-18-10-12/h2-5,7,9-10,20H,6,8,11H2,1H3,(H,19,23). The number of hydrogen-bond acceptors (Lipinski definition) is 7. The van der Waals surface area contributed by atoms with E-state index < -0.39 is 16.8 Å². The molecule has 0 saturated heterocycles. The molecule has 2 N–H and O–H groups in total. The summed E-state index contributed by atoms with van der Waals surface area (Å²) in [5, 5.41) is 16.8. The number of anilines is 1. The second kappa shape index (κ2) is 9.11. The Morgan fingerprint density at radius 2 is 2.12 bits per heavy atom.